The molecule has 0 aliphatic heterocycles. The summed E-state index contributed by atoms with van der Waals surface area (Å²) in [5, 5.41) is 0. The van der Waals surface area contributed by atoms with Gasteiger partial charge in [0.05, 0.1) is 12.0 Å². The molecule has 0 aromatic heterocycles. The first-order valence-electron chi connectivity index (χ1n) is 13.8. The first-order valence-corrected chi connectivity index (χ1v) is 13.8. The summed E-state index contributed by atoms with van der Waals surface area (Å²) in [6, 6.07) is 0. The van der Waals surface area contributed by atoms with Crippen molar-refractivity contribution >= 4 is 5.97 Å². The summed E-state index contributed by atoms with van der Waals surface area (Å²) in [5.41, 5.74) is -0.277. The standard InChI is InChI=1S/C28H56O2/c1-5-8-10-12-14-15-16-17-18-20-22-24-26-30-27(29)28(4,7-3)25-23-21-19-13-11-9-6-2/h5-26H2,1-4H3. The number of ether oxygens (including phenoxy) is 1. The Hall–Kier alpha value is -0.530. The highest BCUT2D eigenvalue weighted by Crippen LogP contribution is 2.30. The largest absolute Gasteiger partial charge is 0.465 e. The van der Waals surface area contributed by atoms with E-state index >= 15 is 0 Å². The molecule has 0 amide bonds. The SMILES string of the molecule is CCCCCCCCCCCCCCOC(=O)C(C)(CC)CCCCCCCCC. The van der Waals surface area contributed by atoms with Gasteiger partial charge in [-0.25, -0.2) is 0 Å². The minimum Gasteiger partial charge on any atom is -0.465 e. The van der Waals surface area contributed by atoms with E-state index in [2.05, 4.69) is 27.7 Å². The van der Waals surface area contributed by atoms with Gasteiger partial charge in [0.1, 0.15) is 0 Å². The smallest absolute Gasteiger partial charge is 0.311 e. The summed E-state index contributed by atoms with van der Waals surface area (Å²) in [6.07, 6.45) is 27.0. The van der Waals surface area contributed by atoms with Gasteiger partial charge in [-0.15, -0.1) is 0 Å². The van der Waals surface area contributed by atoms with Gasteiger partial charge >= 0.3 is 5.97 Å². The van der Waals surface area contributed by atoms with Crippen LogP contribution in [0.1, 0.15) is 163 Å². The zero-order valence-corrected chi connectivity index (χ0v) is 21.4. The zero-order chi connectivity index (χ0) is 22.3. The first kappa shape index (κ1) is 29.5. The van der Waals surface area contributed by atoms with E-state index in [1.807, 2.05) is 0 Å². The molecular weight excluding hydrogens is 368 g/mol. The molecule has 0 aromatic rings. The van der Waals surface area contributed by atoms with Crippen molar-refractivity contribution in [1.82, 2.24) is 0 Å². The van der Waals surface area contributed by atoms with Crippen LogP contribution in [0.25, 0.3) is 0 Å². The van der Waals surface area contributed by atoms with Gasteiger partial charge in [-0.05, 0) is 26.2 Å². The van der Waals surface area contributed by atoms with Crippen molar-refractivity contribution in [2.24, 2.45) is 5.41 Å². The van der Waals surface area contributed by atoms with Gasteiger partial charge in [-0.2, -0.15) is 0 Å². The molecule has 0 aliphatic rings. The second kappa shape index (κ2) is 21.7. The molecule has 0 saturated heterocycles. The molecule has 30 heavy (non-hydrogen) atoms. The summed E-state index contributed by atoms with van der Waals surface area (Å²) >= 11 is 0. The number of hydrogen-bond acceptors (Lipinski definition) is 2. The molecule has 1 unspecified atom stereocenters. The number of carbonyl (C=O) groups excluding carboxylic acids is 1. The van der Waals surface area contributed by atoms with Crippen LogP contribution in [-0.2, 0) is 9.53 Å². The number of esters is 1. The van der Waals surface area contributed by atoms with Crippen LogP contribution < -0.4 is 0 Å². The highest BCUT2D eigenvalue weighted by Gasteiger charge is 2.32. The maximum absolute atomic E-state index is 12.6. The van der Waals surface area contributed by atoms with Crippen LogP contribution in [-0.4, -0.2) is 12.6 Å². The Bertz CT molecular complexity index is 366. The summed E-state index contributed by atoms with van der Waals surface area (Å²) in [4.78, 5) is 12.6. The van der Waals surface area contributed by atoms with Crippen molar-refractivity contribution in [3.63, 3.8) is 0 Å². The quantitative estimate of drug-likeness (QED) is 0.120. The molecule has 0 aromatic carbocycles. The van der Waals surface area contributed by atoms with Crippen molar-refractivity contribution in [1.29, 1.82) is 0 Å². The molecule has 0 spiro atoms. The molecule has 0 radical (unpaired) electrons. The molecule has 2 nitrogen and oxygen atoms in total. The average Bonchev–Trinajstić information content (AvgIpc) is 2.76. The van der Waals surface area contributed by atoms with E-state index in [-0.39, 0.29) is 11.4 Å². The third-order valence-electron chi connectivity index (χ3n) is 6.84. The summed E-state index contributed by atoms with van der Waals surface area (Å²) < 4.78 is 5.66. The fourth-order valence-corrected chi connectivity index (χ4v) is 4.18. The lowest BCUT2D eigenvalue weighted by molar-refractivity contribution is -0.155. The fraction of sp³-hybridized carbons (Fsp3) is 0.964. The summed E-state index contributed by atoms with van der Waals surface area (Å²) in [5.74, 6) is 0.0408. The molecule has 0 fully saturated rings. The molecule has 0 heterocycles. The predicted molar refractivity (Wildman–Crippen MR) is 133 cm³/mol. The van der Waals surface area contributed by atoms with Crippen molar-refractivity contribution in [2.75, 3.05) is 6.61 Å². The molecule has 0 bridgehead atoms. The molecule has 0 aliphatic carbocycles. The summed E-state index contributed by atoms with van der Waals surface area (Å²) in [7, 11) is 0. The molecule has 180 valence electrons. The first-order chi connectivity index (χ1) is 14.6. The maximum atomic E-state index is 12.6. The van der Waals surface area contributed by atoms with E-state index in [4.69, 9.17) is 4.74 Å². The van der Waals surface area contributed by atoms with E-state index in [0.717, 1.165) is 25.7 Å². The topological polar surface area (TPSA) is 26.3 Å². The minimum absolute atomic E-state index is 0.0408. The van der Waals surface area contributed by atoms with Crippen LogP contribution in [0.15, 0.2) is 0 Å². The Morgan fingerprint density at radius 3 is 1.33 bits per heavy atom. The number of carbonyl (C=O) groups is 1. The van der Waals surface area contributed by atoms with E-state index in [1.54, 1.807) is 0 Å². The van der Waals surface area contributed by atoms with E-state index in [9.17, 15) is 4.79 Å². The van der Waals surface area contributed by atoms with Gasteiger partial charge in [0.2, 0.25) is 0 Å². The normalized spacial score (nSPS) is 13.3. The van der Waals surface area contributed by atoms with Gasteiger partial charge in [0, 0.05) is 0 Å². The molecule has 0 saturated carbocycles. The minimum atomic E-state index is -0.277. The lowest BCUT2D eigenvalue weighted by Gasteiger charge is -2.26. The summed E-state index contributed by atoms with van der Waals surface area (Å²) in [6.45, 7) is 9.39. The van der Waals surface area contributed by atoms with Crippen LogP contribution in [0.4, 0.5) is 0 Å². The predicted octanol–water partition coefficient (Wildman–Crippen LogP) is 9.79. The van der Waals surface area contributed by atoms with E-state index in [0.29, 0.717) is 6.61 Å². The van der Waals surface area contributed by atoms with E-state index in [1.165, 1.54) is 109 Å². The molecule has 0 rings (SSSR count). The van der Waals surface area contributed by atoms with Crippen LogP contribution in [0.3, 0.4) is 0 Å². The molecule has 0 N–H and O–H groups in total. The van der Waals surface area contributed by atoms with Crippen LogP contribution in [0.2, 0.25) is 0 Å². The van der Waals surface area contributed by atoms with Crippen molar-refractivity contribution in [2.45, 2.75) is 163 Å². The van der Waals surface area contributed by atoms with Crippen LogP contribution in [0, 0.1) is 5.41 Å². The molecule has 2 heteroatoms. The van der Waals surface area contributed by atoms with Gasteiger partial charge in [0.15, 0.2) is 0 Å². The highest BCUT2D eigenvalue weighted by atomic mass is 16.5. The van der Waals surface area contributed by atoms with Crippen LogP contribution in [0.5, 0.6) is 0 Å². The lowest BCUT2D eigenvalue weighted by Crippen LogP contribution is -2.29. The van der Waals surface area contributed by atoms with Crippen molar-refractivity contribution < 1.29 is 9.53 Å². The molecule has 1 atom stereocenters. The zero-order valence-electron chi connectivity index (χ0n) is 21.4. The number of hydrogen-bond donors (Lipinski definition) is 0. The Morgan fingerprint density at radius 1 is 0.567 bits per heavy atom. The van der Waals surface area contributed by atoms with Crippen molar-refractivity contribution in [3.8, 4) is 0 Å². The third kappa shape index (κ3) is 17.2. The van der Waals surface area contributed by atoms with Gasteiger partial charge in [0.25, 0.3) is 0 Å². The monoisotopic (exact) mass is 424 g/mol. The van der Waals surface area contributed by atoms with E-state index < -0.39 is 0 Å². The third-order valence-corrected chi connectivity index (χ3v) is 6.84. The van der Waals surface area contributed by atoms with Gasteiger partial charge in [-0.3, -0.25) is 4.79 Å². The van der Waals surface area contributed by atoms with Gasteiger partial charge < -0.3 is 4.74 Å². The van der Waals surface area contributed by atoms with Crippen LogP contribution >= 0.6 is 0 Å². The average molecular weight is 425 g/mol. The van der Waals surface area contributed by atoms with Crippen molar-refractivity contribution in [3.05, 3.63) is 0 Å². The Morgan fingerprint density at radius 2 is 0.933 bits per heavy atom. The Kier molecular flexibility index (Phi) is 21.3. The lowest BCUT2D eigenvalue weighted by atomic mass is 9.82. The second-order valence-corrected chi connectivity index (χ2v) is 9.81. The fourth-order valence-electron chi connectivity index (χ4n) is 4.18. The van der Waals surface area contributed by atoms with Gasteiger partial charge in [-0.1, -0.05) is 136 Å². The number of rotatable bonds is 23. The second-order valence-electron chi connectivity index (χ2n) is 9.81. The highest BCUT2D eigenvalue weighted by molar-refractivity contribution is 5.76. The molecular formula is C28H56O2. The Balaban J connectivity index is 3.60. The maximum Gasteiger partial charge on any atom is 0.311 e. The number of unbranched alkanes of at least 4 members (excludes halogenated alkanes) is 17. The Labute approximate surface area is 190 Å².